The number of carbonyl (C=O) groups excluding carboxylic acids is 2. The minimum absolute atomic E-state index is 0.0809. The van der Waals surface area contributed by atoms with Crippen molar-refractivity contribution >= 4 is 23.3 Å². The molecule has 1 heterocycles. The summed E-state index contributed by atoms with van der Waals surface area (Å²) in [7, 11) is 0. The van der Waals surface area contributed by atoms with Crippen molar-refractivity contribution < 1.29 is 33.1 Å². The van der Waals surface area contributed by atoms with E-state index in [2.05, 4.69) is 5.32 Å². The van der Waals surface area contributed by atoms with Gasteiger partial charge >= 0.3 is 5.97 Å². The summed E-state index contributed by atoms with van der Waals surface area (Å²) in [5.41, 5.74) is -1.02. The Hall–Kier alpha value is -3.69. The molecule has 0 atom stereocenters. The Labute approximate surface area is 145 Å². The first-order chi connectivity index (χ1) is 12.5. The number of halogens is 1. The fourth-order valence-corrected chi connectivity index (χ4v) is 2.20. The molecule has 0 bridgehead atoms. The highest BCUT2D eigenvalue weighted by Gasteiger charge is 2.28. The van der Waals surface area contributed by atoms with Gasteiger partial charge in [0, 0.05) is 6.07 Å². The molecule has 0 fully saturated rings. The molecule has 26 heavy (non-hydrogen) atoms. The third-order valence-electron chi connectivity index (χ3n) is 3.39. The standard InChI is InChI=1S/C16H11FN2O7/c17-10-3-1-2-4-11(10)18-15(20)7-24-16(21)9-5-13-14(26-8-25-13)6-12(9)19(22)23/h1-6H,7-8H2,(H,18,20). The van der Waals surface area contributed by atoms with E-state index in [0.717, 1.165) is 18.2 Å². The van der Waals surface area contributed by atoms with Crippen LogP contribution in [0.1, 0.15) is 10.4 Å². The molecular formula is C16H11FN2O7. The molecule has 2 aromatic rings. The van der Waals surface area contributed by atoms with Crippen LogP contribution in [0.4, 0.5) is 15.8 Å². The van der Waals surface area contributed by atoms with Gasteiger partial charge in [-0.25, -0.2) is 9.18 Å². The first-order valence-corrected chi connectivity index (χ1v) is 7.25. The van der Waals surface area contributed by atoms with Crippen LogP contribution in [0.15, 0.2) is 36.4 Å². The normalized spacial score (nSPS) is 11.7. The maximum absolute atomic E-state index is 13.5. The second kappa shape index (κ2) is 7.05. The van der Waals surface area contributed by atoms with Gasteiger partial charge in [0.1, 0.15) is 11.4 Å². The van der Waals surface area contributed by atoms with Crippen molar-refractivity contribution in [3.8, 4) is 11.5 Å². The number of amides is 1. The maximum Gasteiger partial charge on any atom is 0.345 e. The summed E-state index contributed by atoms with van der Waals surface area (Å²) < 4.78 is 28.3. The summed E-state index contributed by atoms with van der Waals surface area (Å²) >= 11 is 0. The van der Waals surface area contributed by atoms with Crippen LogP contribution in [0.2, 0.25) is 0 Å². The first-order valence-electron chi connectivity index (χ1n) is 7.25. The first kappa shape index (κ1) is 17.1. The number of nitro groups is 1. The lowest BCUT2D eigenvalue weighted by Gasteiger charge is -2.08. The molecule has 1 N–H and O–H groups in total. The topological polar surface area (TPSA) is 117 Å². The van der Waals surface area contributed by atoms with Crippen LogP contribution in [0.3, 0.4) is 0 Å². The molecule has 134 valence electrons. The highest BCUT2D eigenvalue weighted by molar-refractivity contribution is 5.98. The van der Waals surface area contributed by atoms with E-state index in [1.54, 1.807) is 0 Å². The molecule has 1 aliphatic heterocycles. The number of benzene rings is 2. The number of esters is 1. The Morgan fingerprint density at radius 2 is 1.92 bits per heavy atom. The Morgan fingerprint density at radius 1 is 1.23 bits per heavy atom. The smallest absolute Gasteiger partial charge is 0.345 e. The van der Waals surface area contributed by atoms with E-state index in [1.807, 2.05) is 0 Å². The Balaban J connectivity index is 1.69. The zero-order valence-corrected chi connectivity index (χ0v) is 13.1. The van der Waals surface area contributed by atoms with Gasteiger partial charge in [-0.1, -0.05) is 12.1 Å². The predicted molar refractivity (Wildman–Crippen MR) is 84.5 cm³/mol. The summed E-state index contributed by atoms with van der Waals surface area (Å²) in [5, 5.41) is 13.3. The molecule has 1 aliphatic rings. The number of ether oxygens (including phenoxy) is 3. The number of carbonyl (C=O) groups is 2. The second-order valence-electron chi connectivity index (χ2n) is 5.08. The number of hydrogen-bond acceptors (Lipinski definition) is 7. The van der Waals surface area contributed by atoms with Crippen molar-refractivity contribution in [3.63, 3.8) is 0 Å². The maximum atomic E-state index is 13.5. The van der Waals surface area contributed by atoms with Gasteiger partial charge in [0.15, 0.2) is 18.1 Å². The molecule has 3 rings (SSSR count). The molecule has 0 saturated carbocycles. The number of para-hydroxylation sites is 1. The molecular weight excluding hydrogens is 351 g/mol. The predicted octanol–water partition coefficient (Wildman–Crippen LogP) is 2.26. The molecule has 0 spiro atoms. The van der Waals surface area contributed by atoms with Crippen molar-refractivity contribution in [2.24, 2.45) is 0 Å². The fraction of sp³-hybridized carbons (Fsp3) is 0.125. The molecule has 1 amide bonds. The quantitative estimate of drug-likeness (QED) is 0.492. The number of nitro benzene ring substituents is 1. The highest BCUT2D eigenvalue weighted by atomic mass is 19.1. The van der Waals surface area contributed by atoms with Gasteiger partial charge in [0.2, 0.25) is 6.79 Å². The average Bonchev–Trinajstić information content (AvgIpc) is 3.08. The van der Waals surface area contributed by atoms with Gasteiger partial charge in [-0.3, -0.25) is 14.9 Å². The van der Waals surface area contributed by atoms with Crippen LogP contribution >= 0.6 is 0 Å². The molecule has 0 aliphatic carbocycles. The highest BCUT2D eigenvalue weighted by Crippen LogP contribution is 2.38. The van der Waals surface area contributed by atoms with E-state index in [-0.39, 0.29) is 24.0 Å². The van der Waals surface area contributed by atoms with Crippen LogP contribution in [-0.2, 0) is 9.53 Å². The van der Waals surface area contributed by atoms with Crippen molar-refractivity contribution in [2.75, 3.05) is 18.7 Å². The van der Waals surface area contributed by atoms with Crippen LogP contribution in [0.5, 0.6) is 11.5 Å². The Bertz CT molecular complexity index is 900. The number of nitrogens with one attached hydrogen (secondary N) is 1. The number of fused-ring (bicyclic) bond motifs is 1. The number of nitrogens with zero attached hydrogens (tertiary/aromatic N) is 1. The Morgan fingerprint density at radius 3 is 2.62 bits per heavy atom. The van der Waals surface area contributed by atoms with Crippen molar-refractivity contribution in [1.82, 2.24) is 0 Å². The van der Waals surface area contributed by atoms with Crippen LogP contribution in [0, 0.1) is 15.9 Å². The lowest BCUT2D eigenvalue weighted by molar-refractivity contribution is -0.385. The van der Waals surface area contributed by atoms with Gasteiger partial charge in [-0.05, 0) is 12.1 Å². The van der Waals surface area contributed by atoms with Gasteiger partial charge in [-0.15, -0.1) is 0 Å². The minimum Gasteiger partial charge on any atom is -0.454 e. The van der Waals surface area contributed by atoms with Crippen molar-refractivity contribution in [1.29, 1.82) is 0 Å². The molecule has 2 aromatic carbocycles. The number of anilines is 1. The molecule has 9 nitrogen and oxygen atoms in total. The van der Waals surface area contributed by atoms with E-state index >= 15 is 0 Å². The van der Waals surface area contributed by atoms with Crippen LogP contribution < -0.4 is 14.8 Å². The number of hydrogen-bond donors (Lipinski definition) is 1. The lowest BCUT2D eigenvalue weighted by atomic mass is 10.1. The van der Waals surface area contributed by atoms with E-state index in [4.69, 9.17) is 14.2 Å². The summed E-state index contributed by atoms with van der Waals surface area (Å²) in [5.74, 6) is -2.27. The van der Waals surface area contributed by atoms with Gasteiger partial charge < -0.3 is 19.5 Å². The number of rotatable bonds is 5. The average molecular weight is 362 g/mol. The zero-order chi connectivity index (χ0) is 18.7. The molecule has 0 aromatic heterocycles. The minimum atomic E-state index is -1.10. The summed E-state index contributed by atoms with van der Waals surface area (Å²) in [6, 6.07) is 7.59. The second-order valence-corrected chi connectivity index (χ2v) is 5.08. The van der Waals surface area contributed by atoms with Crippen LogP contribution in [-0.4, -0.2) is 30.2 Å². The molecule has 10 heteroatoms. The van der Waals surface area contributed by atoms with E-state index in [1.165, 1.54) is 18.2 Å². The fourth-order valence-electron chi connectivity index (χ4n) is 2.20. The van der Waals surface area contributed by atoms with E-state index in [9.17, 15) is 24.1 Å². The van der Waals surface area contributed by atoms with Crippen LogP contribution in [0.25, 0.3) is 0 Å². The molecule has 0 saturated heterocycles. The van der Waals surface area contributed by atoms with Crippen molar-refractivity contribution in [3.05, 3.63) is 57.9 Å². The Kier molecular flexibility index (Phi) is 4.65. The van der Waals surface area contributed by atoms with Gasteiger partial charge in [0.25, 0.3) is 11.6 Å². The monoisotopic (exact) mass is 362 g/mol. The summed E-state index contributed by atoms with van der Waals surface area (Å²) in [4.78, 5) is 34.2. The van der Waals surface area contributed by atoms with E-state index < -0.39 is 40.5 Å². The zero-order valence-electron chi connectivity index (χ0n) is 13.1. The van der Waals surface area contributed by atoms with Gasteiger partial charge in [0.05, 0.1) is 16.7 Å². The third kappa shape index (κ3) is 3.53. The lowest BCUT2D eigenvalue weighted by Crippen LogP contribution is -2.21. The SMILES string of the molecule is O=C(COC(=O)c1cc2c(cc1[N+](=O)[O-])OCO2)Nc1ccccc1F. The van der Waals surface area contributed by atoms with E-state index in [0.29, 0.717) is 0 Å². The van der Waals surface area contributed by atoms with Crippen molar-refractivity contribution in [2.45, 2.75) is 0 Å². The summed E-state index contributed by atoms with van der Waals surface area (Å²) in [6.45, 7) is -0.880. The summed E-state index contributed by atoms with van der Waals surface area (Å²) in [6.07, 6.45) is 0. The third-order valence-corrected chi connectivity index (χ3v) is 3.39. The largest absolute Gasteiger partial charge is 0.454 e. The molecule has 0 unspecified atom stereocenters. The molecule has 0 radical (unpaired) electrons. The van der Waals surface area contributed by atoms with Gasteiger partial charge in [-0.2, -0.15) is 0 Å².